The van der Waals surface area contributed by atoms with Crippen molar-refractivity contribution in [3.8, 4) is 17.8 Å². The number of imidazole rings is 1. The topological polar surface area (TPSA) is 99.5 Å². The first-order valence-corrected chi connectivity index (χ1v) is 16.7. The average Bonchev–Trinajstić information content (AvgIpc) is 3.39. The maximum atomic E-state index is 11.2. The van der Waals surface area contributed by atoms with Gasteiger partial charge in [0.2, 0.25) is 6.33 Å². The van der Waals surface area contributed by atoms with E-state index in [9.17, 15) is 35.3 Å². The first-order valence-electron chi connectivity index (χ1n) is 14.7. The molecular formula is C36H28F6N5O2P. The Labute approximate surface area is 281 Å². The van der Waals surface area contributed by atoms with Gasteiger partial charge in [0.1, 0.15) is 12.2 Å². The molecule has 50 heavy (non-hydrogen) atoms. The molecule has 7 aromatic rings. The minimum Gasteiger partial charge on any atom is -0.258 e. The van der Waals surface area contributed by atoms with Gasteiger partial charge in [0, 0.05) is 31.5 Å². The fourth-order valence-corrected chi connectivity index (χ4v) is 5.42. The predicted molar refractivity (Wildman–Crippen MR) is 184 cm³/mol. The smallest absolute Gasteiger partial charge is 0.258 e. The number of nitriles is 2. The number of nitro groups is 1. The van der Waals surface area contributed by atoms with E-state index in [-0.39, 0.29) is 10.6 Å². The van der Waals surface area contributed by atoms with Crippen LogP contribution in [-0.2, 0) is 6.54 Å². The van der Waals surface area contributed by atoms with E-state index >= 15 is 0 Å². The van der Waals surface area contributed by atoms with E-state index in [4.69, 9.17) is 10.5 Å². The number of aromatic nitrogens is 2. The van der Waals surface area contributed by atoms with E-state index in [0.29, 0.717) is 6.54 Å². The Morgan fingerprint density at radius 2 is 1.12 bits per heavy atom. The second-order valence-electron chi connectivity index (χ2n) is 10.8. The molecule has 14 heteroatoms. The maximum absolute atomic E-state index is 11.2. The molecule has 6 aromatic carbocycles. The fourth-order valence-electron chi connectivity index (χ4n) is 5.42. The normalized spacial score (nSPS) is 12.1. The molecule has 0 unspecified atom stereocenters. The van der Waals surface area contributed by atoms with E-state index in [2.05, 4.69) is 100 Å². The van der Waals surface area contributed by atoms with Gasteiger partial charge in [-0.05, 0) is 62.6 Å². The molecule has 0 aliphatic heterocycles. The number of fused-ring (bicyclic) bond motifs is 4. The Morgan fingerprint density at radius 1 is 0.700 bits per heavy atom. The molecular weight excluding hydrogens is 679 g/mol. The zero-order valence-electron chi connectivity index (χ0n) is 26.5. The average molecular weight is 708 g/mol. The van der Waals surface area contributed by atoms with Crippen LogP contribution in [0.2, 0.25) is 0 Å². The number of benzene rings is 6. The summed E-state index contributed by atoms with van der Waals surface area (Å²) in [5, 5.41) is 33.1. The summed E-state index contributed by atoms with van der Waals surface area (Å²) < 4.78 is 63.6. The molecule has 0 amide bonds. The molecule has 0 aliphatic carbocycles. The van der Waals surface area contributed by atoms with Crippen molar-refractivity contribution in [2.75, 3.05) is 0 Å². The molecule has 0 saturated carbocycles. The van der Waals surface area contributed by atoms with Gasteiger partial charge in [-0.3, -0.25) is 10.1 Å². The van der Waals surface area contributed by atoms with Gasteiger partial charge < -0.3 is 0 Å². The van der Waals surface area contributed by atoms with Gasteiger partial charge in [0.15, 0.2) is 11.0 Å². The van der Waals surface area contributed by atoms with Crippen molar-refractivity contribution < 1.29 is 34.7 Å². The Morgan fingerprint density at radius 3 is 1.58 bits per heavy atom. The van der Waals surface area contributed by atoms with Crippen LogP contribution in [0.5, 0.6) is 0 Å². The number of hydrogen-bond acceptors (Lipinski definition) is 4. The third kappa shape index (κ3) is 9.75. The number of non-ortho nitro benzene ring substituents is 1. The minimum atomic E-state index is -10.7. The van der Waals surface area contributed by atoms with Crippen molar-refractivity contribution in [1.82, 2.24) is 4.57 Å². The number of nitrogens with zero attached hydrogens (tertiary/aromatic N) is 5. The number of nitro benzene ring substituents is 1. The van der Waals surface area contributed by atoms with Gasteiger partial charge in [-0.2, -0.15) is 15.1 Å². The standard InChI is InChI=1S/C32H22N3O2.2C2H3N.F6P/c36-35(37)27-15-13-26(14-16-27)34-21-33(31-18-22-7-1-2-8-23(22)19-32(31)34)20-30-28-11-5-3-9-24(28)17-25-10-4-6-12-29(25)30;2*1-2-3;1-7(2,3,4,5)6/h1-19,21H,20H2;2*1H3;/q+1;;;-1. The second-order valence-corrected chi connectivity index (χ2v) is 12.7. The van der Waals surface area contributed by atoms with E-state index < -0.39 is 7.81 Å². The molecule has 0 radical (unpaired) electrons. The predicted octanol–water partition coefficient (Wildman–Crippen LogP) is 11.8. The van der Waals surface area contributed by atoms with Gasteiger partial charge in [-0.25, -0.2) is 4.57 Å². The summed E-state index contributed by atoms with van der Waals surface area (Å²) in [7, 11) is -10.7. The minimum absolute atomic E-state index is 0.0840. The summed E-state index contributed by atoms with van der Waals surface area (Å²) in [6.07, 6.45) is 2.11. The SMILES string of the molecule is CC#N.CC#N.F[P-](F)(F)(F)(F)F.O=[N+]([O-])c1ccc(-n2c[n+](Cc3c4ccccc4cc4ccccc34)c3cc4ccccc4cc32)cc1. The van der Waals surface area contributed by atoms with Gasteiger partial charge in [0.05, 0.1) is 17.1 Å². The molecule has 7 rings (SSSR count). The fraction of sp³-hybridized carbons (Fsp3) is 0.0833. The van der Waals surface area contributed by atoms with Crippen molar-refractivity contribution in [2.24, 2.45) is 0 Å². The van der Waals surface area contributed by atoms with Crippen LogP contribution in [0.15, 0.2) is 122 Å². The van der Waals surface area contributed by atoms with Crippen molar-refractivity contribution >= 4 is 56.8 Å². The Bertz CT molecular complexity index is 2360. The van der Waals surface area contributed by atoms with Crippen LogP contribution in [0.25, 0.3) is 49.0 Å². The van der Waals surface area contributed by atoms with Gasteiger partial charge in [-0.15, -0.1) is 0 Å². The third-order valence-electron chi connectivity index (χ3n) is 7.22. The zero-order chi connectivity index (χ0) is 36.8. The van der Waals surface area contributed by atoms with Crippen LogP contribution in [0.3, 0.4) is 0 Å². The van der Waals surface area contributed by atoms with E-state index in [1.807, 2.05) is 18.2 Å². The third-order valence-corrected chi connectivity index (χ3v) is 7.22. The molecule has 1 aromatic heterocycles. The van der Waals surface area contributed by atoms with Gasteiger partial charge in [-0.1, -0.05) is 72.8 Å². The van der Waals surface area contributed by atoms with Crippen molar-refractivity contribution in [3.05, 3.63) is 137 Å². The number of rotatable bonds is 4. The number of halogens is 6. The summed E-state index contributed by atoms with van der Waals surface area (Å²) >= 11 is 0. The Kier molecular flexibility index (Phi) is 10.2. The molecule has 0 bridgehead atoms. The summed E-state index contributed by atoms with van der Waals surface area (Å²) in [5.41, 5.74) is 4.40. The molecule has 1 heterocycles. The van der Waals surface area contributed by atoms with Crippen molar-refractivity contribution in [1.29, 1.82) is 10.5 Å². The van der Waals surface area contributed by atoms with Crippen LogP contribution >= 0.6 is 7.81 Å². The molecule has 256 valence electrons. The molecule has 0 fully saturated rings. The molecule has 7 nitrogen and oxygen atoms in total. The maximum Gasteiger partial charge on any atom is 0.269 e. The zero-order valence-corrected chi connectivity index (χ0v) is 27.4. The quantitative estimate of drug-likeness (QED) is 0.0454. The van der Waals surface area contributed by atoms with E-state index in [1.165, 1.54) is 46.3 Å². The van der Waals surface area contributed by atoms with E-state index in [0.717, 1.165) is 22.1 Å². The van der Waals surface area contributed by atoms with Crippen LogP contribution in [-0.4, -0.2) is 9.49 Å². The van der Waals surface area contributed by atoms with E-state index in [1.54, 1.807) is 24.3 Å². The molecule has 0 saturated heterocycles. The van der Waals surface area contributed by atoms with Crippen molar-refractivity contribution in [3.63, 3.8) is 0 Å². The van der Waals surface area contributed by atoms with Crippen LogP contribution in [0, 0.1) is 32.8 Å². The summed E-state index contributed by atoms with van der Waals surface area (Å²) in [6, 6.07) is 42.4. The first-order chi connectivity index (χ1) is 23.4. The largest absolute Gasteiger partial charge is 0.269 e. The summed E-state index contributed by atoms with van der Waals surface area (Å²) in [4.78, 5) is 10.9. The van der Waals surface area contributed by atoms with Crippen LogP contribution in [0.4, 0.5) is 30.9 Å². The van der Waals surface area contributed by atoms with Gasteiger partial charge in [0.25, 0.3) is 5.69 Å². The monoisotopic (exact) mass is 707 g/mol. The summed E-state index contributed by atoms with van der Waals surface area (Å²) in [5.74, 6) is 0. The van der Waals surface area contributed by atoms with Crippen molar-refractivity contribution in [2.45, 2.75) is 20.4 Å². The van der Waals surface area contributed by atoms with Crippen LogP contribution < -0.4 is 4.57 Å². The van der Waals surface area contributed by atoms with Crippen LogP contribution in [0.1, 0.15) is 19.4 Å². The second kappa shape index (κ2) is 13.8. The molecule has 0 spiro atoms. The Balaban J connectivity index is 0.000000374. The number of hydrogen-bond donors (Lipinski definition) is 0. The Hall–Kier alpha value is -6.04. The first kappa shape index (κ1) is 36.8. The molecule has 0 aliphatic rings. The van der Waals surface area contributed by atoms with Gasteiger partial charge >= 0.3 is 33.0 Å². The summed E-state index contributed by atoms with van der Waals surface area (Å²) in [6.45, 7) is 3.55. The molecule has 0 N–H and O–H groups in total. The molecule has 0 atom stereocenters.